The molecule has 28 heavy (non-hydrogen) atoms. The molecule has 1 aliphatic heterocycles. The van der Waals surface area contributed by atoms with Crippen molar-refractivity contribution in [2.75, 3.05) is 26.8 Å². The summed E-state index contributed by atoms with van der Waals surface area (Å²) in [6.07, 6.45) is 0. The summed E-state index contributed by atoms with van der Waals surface area (Å²) in [6, 6.07) is 6.18. The Balaban J connectivity index is 1.57. The molecule has 6 nitrogen and oxygen atoms in total. The molecule has 1 aliphatic rings. The summed E-state index contributed by atoms with van der Waals surface area (Å²) in [4.78, 5) is 9.00. The Morgan fingerprint density at radius 3 is 2.64 bits per heavy atom. The lowest BCUT2D eigenvalue weighted by Crippen LogP contribution is -2.43. The number of hydrogen-bond acceptors (Lipinski definition) is 5. The van der Waals surface area contributed by atoms with Crippen LogP contribution in [0.3, 0.4) is 0 Å². The van der Waals surface area contributed by atoms with Gasteiger partial charge in [-0.25, -0.2) is 4.98 Å². The third-order valence-corrected chi connectivity index (χ3v) is 5.68. The van der Waals surface area contributed by atoms with Crippen molar-refractivity contribution in [1.29, 1.82) is 0 Å². The molecule has 2 N–H and O–H groups in total. The zero-order valence-corrected chi connectivity index (χ0v) is 18.2. The molecule has 152 valence electrons. The number of thiazole rings is 1. The summed E-state index contributed by atoms with van der Waals surface area (Å²) in [5, 5.41) is 9.98. The van der Waals surface area contributed by atoms with Gasteiger partial charge in [0.1, 0.15) is 18.2 Å². The van der Waals surface area contributed by atoms with Crippen LogP contribution in [0.25, 0.3) is 0 Å². The van der Waals surface area contributed by atoms with Crippen LogP contribution in [0.4, 0.5) is 0 Å². The maximum absolute atomic E-state index is 5.73. The van der Waals surface area contributed by atoms with E-state index in [1.807, 2.05) is 6.07 Å². The molecule has 0 saturated carbocycles. The SMILES string of the molecule is CN=C(NCc1nc(C(C)C)cs1)NCC(C)(C)c1ccc2c(c1)OCCO2. The van der Waals surface area contributed by atoms with Gasteiger partial charge in [-0.3, -0.25) is 4.99 Å². The molecule has 0 atom stereocenters. The quantitative estimate of drug-likeness (QED) is 0.570. The lowest BCUT2D eigenvalue weighted by molar-refractivity contribution is 0.171. The molecule has 0 aliphatic carbocycles. The third kappa shape index (κ3) is 4.95. The number of benzene rings is 1. The molecule has 0 saturated heterocycles. The van der Waals surface area contributed by atoms with E-state index in [0.717, 1.165) is 34.7 Å². The van der Waals surface area contributed by atoms with Crippen LogP contribution in [0.15, 0.2) is 28.6 Å². The van der Waals surface area contributed by atoms with Gasteiger partial charge in [0.05, 0.1) is 12.2 Å². The first kappa shape index (κ1) is 20.5. The Morgan fingerprint density at radius 2 is 1.96 bits per heavy atom. The van der Waals surface area contributed by atoms with Crippen LogP contribution < -0.4 is 20.1 Å². The smallest absolute Gasteiger partial charge is 0.191 e. The van der Waals surface area contributed by atoms with E-state index in [-0.39, 0.29) is 5.41 Å². The minimum atomic E-state index is -0.0978. The molecule has 0 radical (unpaired) electrons. The summed E-state index contributed by atoms with van der Waals surface area (Å²) in [6.45, 7) is 11.3. The standard InChI is InChI=1S/C21H30N4O2S/c1-14(2)16-12-28-19(25-16)11-23-20(22-5)24-13-21(3,4)15-6-7-17-18(10-15)27-9-8-26-17/h6-7,10,12,14H,8-9,11,13H2,1-5H3,(H2,22,23,24). The zero-order valence-electron chi connectivity index (χ0n) is 17.3. The first-order valence-corrected chi connectivity index (χ1v) is 10.6. The maximum Gasteiger partial charge on any atom is 0.191 e. The van der Waals surface area contributed by atoms with Gasteiger partial charge >= 0.3 is 0 Å². The highest BCUT2D eigenvalue weighted by Crippen LogP contribution is 2.34. The molecule has 0 bridgehead atoms. The van der Waals surface area contributed by atoms with Gasteiger partial charge < -0.3 is 20.1 Å². The second-order valence-electron chi connectivity index (χ2n) is 7.84. The van der Waals surface area contributed by atoms with Gasteiger partial charge in [0, 0.05) is 24.4 Å². The topological polar surface area (TPSA) is 67.8 Å². The molecule has 1 aromatic carbocycles. The van der Waals surface area contributed by atoms with E-state index in [0.29, 0.717) is 25.7 Å². The molecule has 3 rings (SSSR count). The first-order chi connectivity index (χ1) is 13.4. The first-order valence-electron chi connectivity index (χ1n) is 9.68. The normalized spacial score (nSPS) is 14.3. The molecule has 0 amide bonds. The average Bonchev–Trinajstić information content (AvgIpc) is 3.17. The third-order valence-electron chi connectivity index (χ3n) is 4.81. The Bertz CT molecular complexity index is 830. The predicted molar refractivity (Wildman–Crippen MR) is 115 cm³/mol. The van der Waals surface area contributed by atoms with Crippen LogP contribution >= 0.6 is 11.3 Å². The maximum atomic E-state index is 5.73. The van der Waals surface area contributed by atoms with Gasteiger partial charge in [0.25, 0.3) is 0 Å². The number of hydrogen-bond donors (Lipinski definition) is 2. The predicted octanol–water partition coefficient (Wildman–Crippen LogP) is 3.68. The summed E-state index contributed by atoms with van der Waals surface area (Å²) in [7, 11) is 1.79. The van der Waals surface area contributed by atoms with E-state index in [4.69, 9.17) is 9.47 Å². The Kier molecular flexibility index (Phi) is 6.44. The average molecular weight is 403 g/mol. The lowest BCUT2D eigenvalue weighted by Gasteiger charge is -2.28. The second kappa shape index (κ2) is 8.82. The van der Waals surface area contributed by atoms with E-state index < -0.39 is 0 Å². The molecule has 2 aromatic rings. The molecule has 1 aromatic heterocycles. The summed E-state index contributed by atoms with van der Waals surface area (Å²) < 4.78 is 11.3. The van der Waals surface area contributed by atoms with Crippen molar-refractivity contribution in [3.8, 4) is 11.5 Å². The second-order valence-corrected chi connectivity index (χ2v) is 8.79. The monoisotopic (exact) mass is 402 g/mol. The largest absolute Gasteiger partial charge is 0.486 e. The minimum absolute atomic E-state index is 0.0978. The van der Waals surface area contributed by atoms with Crippen molar-refractivity contribution in [2.45, 2.75) is 45.6 Å². The highest BCUT2D eigenvalue weighted by atomic mass is 32.1. The van der Waals surface area contributed by atoms with Gasteiger partial charge in [0.15, 0.2) is 17.5 Å². The Hall–Kier alpha value is -2.28. The van der Waals surface area contributed by atoms with E-state index in [9.17, 15) is 0 Å². The van der Waals surface area contributed by atoms with E-state index in [1.54, 1.807) is 18.4 Å². The fraction of sp³-hybridized carbons (Fsp3) is 0.524. The van der Waals surface area contributed by atoms with Crippen LogP contribution in [0, 0.1) is 0 Å². The van der Waals surface area contributed by atoms with E-state index in [2.05, 4.69) is 65.8 Å². The Labute approximate surface area is 171 Å². The molecule has 0 unspecified atom stereocenters. The zero-order chi connectivity index (χ0) is 20.1. The van der Waals surface area contributed by atoms with Crippen LogP contribution in [-0.2, 0) is 12.0 Å². The molecule has 0 fully saturated rings. The fourth-order valence-corrected chi connectivity index (χ4v) is 3.82. The number of nitrogens with one attached hydrogen (secondary N) is 2. The molecule has 0 spiro atoms. The van der Waals surface area contributed by atoms with Crippen molar-refractivity contribution >= 4 is 17.3 Å². The van der Waals surface area contributed by atoms with Crippen molar-refractivity contribution in [3.63, 3.8) is 0 Å². The Morgan fingerprint density at radius 1 is 1.21 bits per heavy atom. The number of nitrogens with zero attached hydrogens (tertiary/aromatic N) is 2. The summed E-state index contributed by atoms with van der Waals surface area (Å²) in [5.41, 5.74) is 2.24. The van der Waals surface area contributed by atoms with Crippen LogP contribution in [0.5, 0.6) is 11.5 Å². The highest BCUT2D eigenvalue weighted by Gasteiger charge is 2.24. The highest BCUT2D eigenvalue weighted by molar-refractivity contribution is 7.09. The number of guanidine groups is 1. The van der Waals surface area contributed by atoms with Gasteiger partial charge in [-0.1, -0.05) is 33.8 Å². The van der Waals surface area contributed by atoms with Crippen LogP contribution in [-0.4, -0.2) is 37.7 Å². The molecular formula is C21H30N4O2S. The number of aliphatic imine (C=N–C) groups is 1. The molecular weight excluding hydrogens is 372 g/mol. The molecule has 7 heteroatoms. The minimum Gasteiger partial charge on any atom is -0.486 e. The molecule has 2 heterocycles. The van der Waals surface area contributed by atoms with Crippen LogP contribution in [0.1, 0.15) is 49.9 Å². The van der Waals surface area contributed by atoms with Gasteiger partial charge in [0.2, 0.25) is 0 Å². The van der Waals surface area contributed by atoms with Crippen molar-refractivity contribution in [3.05, 3.63) is 39.8 Å². The van der Waals surface area contributed by atoms with E-state index >= 15 is 0 Å². The number of aromatic nitrogens is 1. The summed E-state index contributed by atoms with van der Waals surface area (Å²) >= 11 is 1.68. The number of ether oxygens (including phenoxy) is 2. The lowest BCUT2D eigenvalue weighted by atomic mass is 9.84. The van der Waals surface area contributed by atoms with Gasteiger partial charge in [-0.2, -0.15) is 0 Å². The van der Waals surface area contributed by atoms with Crippen molar-refractivity contribution < 1.29 is 9.47 Å². The van der Waals surface area contributed by atoms with Crippen molar-refractivity contribution in [2.24, 2.45) is 4.99 Å². The van der Waals surface area contributed by atoms with Crippen LogP contribution in [0.2, 0.25) is 0 Å². The number of fused-ring (bicyclic) bond motifs is 1. The van der Waals surface area contributed by atoms with Gasteiger partial charge in [-0.05, 0) is 23.6 Å². The van der Waals surface area contributed by atoms with Crippen molar-refractivity contribution in [1.82, 2.24) is 15.6 Å². The van der Waals surface area contributed by atoms with E-state index in [1.165, 1.54) is 5.56 Å². The summed E-state index contributed by atoms with van der Waals surface area (Å²) in [5.74, 6) is 2.87. The fourth-order valence-electron chi connectivity index (χ4n) is 2.92. The number of rotatable bonds is 6. The van der Waals surface area contributed by atoms with Gasteiger partial charge in [-0.15, -0.1) is 11.3 Å².